The predicted octanol–water partition coefficient (Wildman–Crippen LogP) is 3.73. The van der Waals surface area contributed by atoms with Crippen LogP contribution >= 0.6 is 12.6 Å². The van der Waals surface area contributed by atoms with Crippen molar-refractivity contribution in [2.75, 3.05) is 18.4 Å². The first kappa shape index (κ1) is 25.9. The van der Waals surface area contributed by atoms with Gasteiger partial charge < -0.3 is 10.6 Å². The molecule has 4 aliphatic carbocycles. The number of imide groups is 1. The molecule has 1 saturated heterocycles. The zero-order valence-corrected chi connectivity index (χ0v) is 23.1. The Labute approximate surface area is 229 Å². The van der Waals surface area contributed by atoms with Crippen LogP contribution in [0.1, 0.15) is 76.1 Å². The number of aryl methyl sites for hydroxylation is 1. The van der Waals surface area contributed by atoms with Gasteiger partial charge in [0.25, 0.3) is 5.56 Å². The molecule has 7 rings (SSSR count). The Morgan fingerprint density at radius 3 is 2.45 bits per heavy atom. The highest BCUT2D eigenvalue weighted by atomic mass is 32.1. The van der Waals surface area contributed by atoms with Gasteiger partial charge >= 0.3 is 0 Å². The molecule has 9 heteroatoms. The summed E-state index contributed by atoms with van der Waals surface area (Å²) in [6.07, 6.45) is 10.9. The van der Waals surface area contributed by atoms with E-state index in [-0.39, 0.29) is 23.1 Å². The van der Waals surface area contributed by atoms with Crippen molar-refractivity contribution in [1.29, 1.82) is 0 Å². The summed E-state index contributed by atoms with van der Waals surface area (Å²) in [7, 11) is 0. The van der Waals surface area contributed by atoms with Crippen LogP contribution in [0.5, 0.6) is 0 Å². The second-order valence-corrected chi connectivity index (χ2v) is 13.0. The van der Waals surface area contributed by atoms with Crippen molar-refractivity contribution in [1.82, 2.24) is 20.2 Å². The minimum absolute atomic E-state index is 0.210. The van der Waals surface area contributed by atoms with Crippen molar-refractivity contribution in [3.8, 4) is 0 Å². The molecular formula is C29H39N5O3S. The molecule has 204 valence electrons. The van der Waals surface area contributed by atoms with E-state index in [9.17, 15) is 14.4 Å². The van der Waals surface area contributed by atoms with Crippen LogP contribution in [0.3, 0.4) is 0 Å². The number of benzene rings is 1. The maximum Gasteiger partial charge on any atom is 0.264 e. The van der Waals surface area contributed by atoms with Crippen LogP contribution in [0.25, 0.3) is 10.9 Å². The number of carbonyl (C=O) groups excluding carboxylic acids is 2. The maximum atomic E-state index is 13.6. The summed E-state index contributed by atoms with van der Waals surface area (Å²) in [6.45, 7) is 3.43. The lowest BCUT2D eigenvalue weighted by Crippen LogP contribution is -2.58. The molecule has 0 spiro atoms. The van der Waals surface area contributed by atoms with Crippen molar-refractivity contribution in [2.45, 2.75) is 88.0 Å². The maximum absolute atomic E-state index is 13.6. The Balaban J connectivity index is 1.07. The lowest BCUT2D eigenvalue weighted by atomic mass is 9.53. The van der Waals surface area contributed by atoms with Crippen molar-refractivity contribution < 1.29 is 9.59 Å². The Morgan fingerprint density at radius 2 is 1.76 bits per heavy atom. The number of aromatic nitrogens is 2. The molecule has 1 aromatic carbocycles. The molecular weight excluding hydrogens is 498 g/mol. The third kappa shape index (κ3) is 4.99. The van der Waals surface area contributed by atoms with Crippen molar-refractivity contribution in [3.05, 3.63) is 34.4 Å². The van der Waals surface area contributed by atoms with Gasteiger partial charge in [0.15, 0.2) is 0 Å². The summed E-state index contributed by atoms with van der Waals surface area (Å²) in [5, 5.41) is 10.5. The Morgan fingerprint density at radius 1 is 1.08 bits per heavy atom. The highest BCUT2D eigenvalue weighted by Gasteiger charge is 2.50. The average Bonchev–Trinajstić information content (AvgIpc) is 2.84. The molecule has 1 aliphatic heterocycles. The fourth-order valence-corrected chi connectivity index (χ4v) is 8.40. The fraction of sp³-hybridized carbons (Fsp3) is 0.655. The highest BCUT2D eigenvalue weighted by Crippen LogP contribution is 2.55. The molecule has 2 unspecified atom stereocenters. The van der Waals surface area contributed by atoms with Crippen molar-refractivity contribution >= 4 is 41.0 Å². The van der Waals surface area contributed by atoms with Gasteiger partial charge in [-0.2, -0.15) is 12.6 Å². The largest absolute Gasteiger partial charge is 0.384 e. The second-order valence-electron chi connectivity index (χ2n) is 12.3. The number of anilines is 1. The number of hydrogen-bond donors (Lipinski definition) is 4. The lowest BCUT2D eigenvalue weighted by Gasteiger charge is -2.57. The van der Waals surface area contributed by atoms with Crippen LogP contribution in [0.15, 0.2) is 23.0 Å². The molecule has 3 N–H and O–H groups in total. The molecule has 8 nitrogen and oxygen atoms in total. The SMILES string of the molecule is Cc1nc2cccc(NCCC(S)CCNC34CC5CC(CC(C5)C3)C4)c2c(=O)n1C1CCC(=O)NC1=O. The van der Waals surface area contributed by atoms with Gasteiger partial charge in [0.1, 0.15) is 11.9 Å². The van der Waals surface area contributed by atoms with Gasteiger partial charge in [0.05, 0.1) is 10.9 Å². The zero-order chi connectivity index (χ0) is 26.4. The van der Waals surface area contributed by atoms with Crippen LogP contribution in [0, 0.1) is 24.7 Å². The number of nitrogens with one attached hydrogen (secondary N) is 3. The van der Waals surface area contributed by atoms with Crippen molar-refractivity contribution in [2.24, 2.45) is 17.8 Å². The molecule has 0 radical (unpaired) electrons. The number of fused-ring (bicyclic) bond motifs is 1. The molecule has 5 fully saturated rings. The minimum Gasteiger partial charge on any atom is -0.384 e. The van der Waals surface area contributed by atoms with Gasteiger partial charge in [0, 0.05) is 29.4 Å². The molecule has 4 bridgehead atoms. The van der Waals surface area contributed by atoms with E-state index < -0.39 is 11.9 Å². The van der Waals surface area contributed by atoms with E-state index in [1.165, 1.54) is 43.1 Å². The van der Waals surface area contributed by atoms with Crippen LogP contribution in [-0.2, 0) is 9.59 Å². The van der Waals surface area contributed by atoms with E-state index in [0.29, 0.717) is 40.9 Å². The number of thiol groups is 1. The summed E-state index contributed by atoms with van der Waals surface area (Å²) in [5.74, 6) is 2.56. The van der Waals surface area contributed by atoms with E-state index in [4.69, 9.17) is 12.6 Å². The minimum atomic E-state index is -0.728. The number of hydrogen-bond acceptors (Lipinski definition) is 7. The first-order chi connectivity index (χ1) is 18.3. The van der Waals surface area contributed by atoms with E-state index in [2.05, 4.69) is 20.9 Å². The Bertz CT molecular complexity index is 1270. The molecule has 1 aromatic heterocycles. The van der Waals surface area contributed by atoms with Crippen molar-refractivity contribution in [3.63, 3.8) is 0 Å². The Kier molecular flexibility index (Phi) is 7.01. The summed E-state index contributed by atoms with van der Waals surface area (Å²) in [5.41, 5.74) is 1.44. The summed E-state index contributed by atoms with van der Waals surface area (Å²) in [6, 6.07) is 4.87. The summed E-state index contributed by atoms with van der Waals surface area (Å²) in [4.78, 5) is 42.3. The van der Waals surface area contributed by atoms with Crippen LogP contribution in [0.2, 0.25) is 0 Å². The third-order valence-corrected chi connectivity index (χ3v) is 9.95. The number of piperidine rings is 1. The second kappa shape index (κ2) is 10.3. The average molecular weight is 538 g/mol. The molecule has 5 aliphatic rings. The summed E-state index contributed by atoms with van der Waals surface area (Å²) < 4.78 is 1.44. The van der Waals surface area contributed by atoms with Crippen LogP contribution in [0.4, 0.5) is 5.69 Å². The van der Waals surface area contributed by atoms with Gasteiger partial charge in [-0.3, -0.25) is 24.3 Å². The topological polar surface area (TPSA) is 105 Å². The van der Waals surface area contributed by atoms with Gasteiger partial charge in [-0.25, -0.2) is 4.98 Å². The molecule has 2 amide bonds. The van der Waals surface area contributed by atoms with Crippen LogP contribution in [-0.4, -0.2) is 45.2 Å². The van der Waals surface area contributed by atoms with Gasteiger partial charge in [-0.15, -0.1) is 0 Å². The quantitative estimate of drug-likeness (QED) is 0.287. The van der Waals surface area contributed by atoms with Gasteiger partial charge in [-0.05, 0) is 101 Å². The lowest BCUT2D eigenvalue weighted by molar-refractivity contribution is -0.135. The molecule has 38 heavy (non-hydrogen) atoms. The fourth-order valence-electron chi connectivity index (χ4n) is 8.15. The predicted molar refractivity (Wildman–Crippen MR) is 152 cm³/mol. The normalized spacial score (nSPS) is 31.0. The zero-order valence-electron chi connectivity index (χ0n) is 22.2. The number of nitrogens with zero attached hydrogens (tertiary/aromatic N) is 2. The Hall–Kier alpha value is -2.39. The first-order valence-electron chi connectivity index (χ1n) is 14.3. The number of carbonyl (C=O) groups is 2. The van der Waals surface area contributed by atoms with E-state index in [1.807, 2.05) is 18.2 Å². The van der Waals surface area contributed by atoms with E-state index in [0.717, 1.165) is 37.1 Å². The van der Waals surface area contributed by atoms with Gasteiger partial charge in [0.2, 0.25) is 11.8 Å². The highest BCUT2D eigenvalue weighted by molar-refractivity contribution is 7.80. The first-order valence-corrected chi connectivity index (χ1v) is 14.8. The standard InChI is InChI=1S/C29H39N5O3S/c1-17-32-23-4-2-3-22(26(23)28(37)34(17)24-5-6-25(35)33-27(24)36)30-9-7-21(38)8-10-31-29-14-18-11-19(15-29)13-20(12-18)16-29/h2-4,18-21,24,30-31,38H,5-16H2,1H3,(H,33,35,36). The van der Waals surface area contributed by atoms with Gasteiger partial charge in [-0.1, -0.05) is 6.07 Å². The monoisotopic (exact) mass is 537 g/mol. The molecule has 2 atom stereocenters. The number of amides is 2. The molecule has 4 saturated carbocycles. The molecule has 2 aromatic rings. The van der Waals surface area contributed by atoms with E-state index >= 15 is 0 Å². The summed E-state index contributed by atoms with van der Waals surface area (Å²) >= 11 is 4.87. The smallest absolute Gasteiger partial charge is 0.264 e. The number of rotatable bonds is 9. The molecule has 2 heterocycles. The third-order valence-electron chi connectivity index (χ3n) is 9.44. The van der Waals surface area contributed by atoms with E-state index in [1.54, 1.807) is 6.92 Å². The van der Waals surface area contributed by atoms with Crippen LogP contribution < -0.4 is 21.5 Å².